The molecule has 0 saturated heterocycles. The lowest BCUT2D eigenvalue weighted by Crippen LogP contribution is -2.32. The van der Waals surface area contributed by atoms with Gasteiger partial charge in [0.2, 0.25) is 5.78 Å². The number of carbonyl (C=O) groups excluding carboxylic acids is 2. The highest BCUT2D eigenvalue weighted by Gasteiger charge is 2.40. The summed E-state index contributed by atoms with van der Waals surface area (Å²) in [5.41, 5.74) is 3.07. The van der Waals surface area contributed by atoms with E-state index >= 15 is 0 Å². The summed E-state index contributed by atoms with van der Waals surface area (Å²) in [7, 11) is 0. The van der Waals surface area contributed by atoms with Crippen LogP contribution in [0, 0.1) is 11.7 Å². The molecule has 8 nitrogen and oxygen atoms in total. The van der Waals surface area contributed by atoms with Gasteiger partial charge in [-0.2, -0.15) is 0 Å². The van der Waals surface area contributed by atoms with Gasteiger partial charge in [0.1, 0.15) is 5.82 Å². The molecular weight excluding hydrogens is 459 g/mol. The summed E-state index contributed by atoms with van der Waals surface area (Å²) >= 11 is 0. The minimum Gasteiger partial charge on any atom is -0.342 e. The lowest BCUT2D eigenvalue weighted by atomic mass is 9.94. The van der Waals surface area contributed by atoms with Crippen molar-refractivity contribution >= 4 is 47.0 Å². The molecule has 10 heteroatoms. The van der Waals surface area contributed by atoms with Crippen molar-refractivity contribution in [2.45, 2.75) is 26.3 Å². The topological polar surface area (TPSA) is 92.0 Å². The van der Waals surface area contributed by atoms with E-state index in [9.17, 15) is 14.0 Å². The number of rotatable bonds is 3. The molecule has 0 fully saturated rings. The van der Waals surface area contributed by atoms with Crippen molar-refractivity contribution < 1.29 is 14.0 Å². The maximum atomic E-state index is 14.7. The number of imidazole rings is 1. The number of benzene rings is 1. The lowest BCUT2D eigenvalue weighted by molar-refractivity contribution is -0.123. The van der Waals surface area contributed by atoms with Crippen molar-refractivity contribution in [3.05, 3.63) is 77.4 Å². The van der Waals surface area contributed by atoms with Gasteiger partial charge in [0.25, 0.3) is 11.8 Å². The Kier molecular flexibility index (Phi) is 5.09. The van der Waals surface area contributed by atoms with Gasteiger partial charge >= 0.3 is 0 Å². The summed E-state index contributed by atoms with van der Waals surface area (Å²) in [5.74, 6) is -0.830. The molecule has 3 aliphatic heterocycles. The summed E-state index contributed by atoms with van der Waals surface area (Å²) < 4.78 is 16.4. The number of nitrogens with one attached hydrogen (secondary N) is 1. The fourth-order valence-electron chi connectivity index (χ4n) is 4.91. The van der Waals surface area contributed by atoms with Crippen molar-refractivity contribution in [1.29, 1.82) is 0 Å². The van der Waals surface area contributed by atoms with Crippen molar-refractivity contribution in [2.75, 3.05) is 4.90 Å². The molecule has 0 aliphatic carbocycles. The van der Waals surface area contributed by atoms with Gasteiger partial charge < -0.3 is 4.90 Å². The van der Waals surface area contributed by atoms with Crippen LogP contribution in [0.15, 0.2) is 59.8 Å². The van der Waals surface area contributed by atoms with Crippen LogP contribution in [0.25, 0.3) is 11.4 Å². The van der Waals surface area contributed by atoms with Crippen LogP contribution in [-0.4, -0.2) is 37.9 Å². The number of hydrogen-bond acceptors (Lipinski definition) is 6. The Morgan fingerprint density at radius 2 is 1.94 bits per heavy atom. The van der Waals surface area contributed by atoms with Crippen LogP contribution in [0.1, 0.15) is 30.7 Å². The number of aromatic nitrogens is 3. The fraction of sp³-hybridized carbons (Fsp3) is 0.208. The van der Waals surface area contributed by atoms with Crippen LogP contribution in [0.4, 0.5) is 10.1 Å². The molecule has 0 spiro atoms. The summed E-state index contributed by atoms with van der Waals surface area (Å²) in [6.07, 6.45) is 8.96. The molecule has 1 atom stereocenters. The fourth-order valence-corrected chi connectivity index (χ4v) is 4.91. The number of carbonyl (C=O) groups is 2. The van der Waals surface area contributed by atoms with Crippen molar-refractivity contribution in [2.24, 2.45) is 10.9 Å². The van der Waals surface area contributed by atoms with Gasteiger partial charge in [0, 0.05) is 36.4 Å². The number of aliphatic imine (C=N–C) groups is 1. The number of fused-ring (bicyclic) bond motifs is 1. The zero-order valence-corrected chi connectivity index (χ0v) is 19.1. The van der Waals surface area contributed by atoms with Crippen LogP contribution in [-0.2, 0) is 16.0 Å². The second kappa shape index (κ2) is 7.88. The molecule has 34 heavy (non-hydrogen) atoms. The Morgan fingerprint density at radius 3 is 2.74 bits per heavy atom. The third-order valence-corrected chi connectivity index (χ3v) is 6.37. The molecule has 172 valence electrons. The van der Waals surface area contributed by atoms with E-state index in [1.165, 1.54) is 18.3 Å². The molecule has 1 N–H and O–H groups in total. The van der Waals surface area contributed by atoms with E-state index in [4.69, 9.17) is 0 Å². The maximum Gasteiger partial charge on any atom is 0.261 e. The minimum atomic E-state index is -0.578. The average molecular weight is 479 g/mol. The number of amides is 2. The first-order valence-electron chi connectivity index (χ1n) is 10.7. The first kappa shape index (κ1) is 22.0. The van der Waals surface area contributed by atoms with E-state index < -0.39 is 17.6 Å². The van der Waals surface area contributed by atoms with Gasteiger partial charge in [0.05, 0.1) is 34.4 Å². The summed E-state index contributed by atoms with van der Waals surface area (Å²) in [6, 6.07) is 4.78. The van der Waals surface area contributed by atoms with E-state index in [1.807, 2.05) is 6.20 Å². The monoisotopic (exact) mass is 478 g/mol. The van der Waals surface area contributed by atoms with E-state index in [-0.39, 0.29) is 35.3 Å². The average Bonchev–Trinajstić information content (AvgIpc) is 3.40. The normalized spacial score (nSPS) is 18.9. The van der Waals surface area contributed by atoms with Crippen LogP contribution in [0.5, 0.6) is 0 Å². The van der Waals surface area contributed by atoms with E-state index in [2.05, 4.69) is 39.0 Å². The van der Waals surface area contributed by atoms with Gasteiger partial charge in [-0.25, -0.2) is 14.4 Å². The van der Waals surface area contributed by atoms with Crippen molar-refractivity contribution in [1.82, 2.24) is 19.7 Å². The second-order valence-electron chi connectivity index (χ2n) is 8.63. The highest BCUT2D eigenvalue weighted by Crippen LogP contribution is 2.42. The molecule has 0 bridgehead atoms. The zero-order chi connectivity index (χ0) is 22.9. The van der Waals surface area contributed by atoms with Gasteiger partial charge in [-0.3, -0.25) is 24.3 Å². The molecule has 5 heterocycles. The van der Waals surface area contributed by atoms with Gasteiger partial charge in [-0.15, -0.1) is 12.4 Å². The van der Waals surface area contributed by atoms with Gasteiger partial charge in [0.15, 0.2) is 0 Å². The van der Waals surface area contributed by atoms with Crippen LogP contribution < -0.4 is 10.2 Å². The quantitative estimate of drug-likeness (QED) is 0.584. The highest BCUT2D eigenvalue weighted by molar-refractivity contribution is 6.47. The van der Waals surface area contributed by atoms with Crippen LogP contribution >= 0.6 is 12.4 Å². The largest absolute Gasteiger partial charge is 0.342 e. The Bertz CT molecular complexity index is 1470. The second-order valence-corrected chi connectivity index (χ2v) is 8.63. The molecular formula is C24H20ClFN6O2. The van der Waals surface area contributed by atoms with Gasteiger partial charge in [-0.05, 0) is 36.1 Å². The van der Waals surface area contributed by atoms with E-state index in [1.54, 1.807) is 29.1 Å². The standard InChI is InChI=1S/C24H19FN6O2.ClH/c1-12(2)16-9-13-8-14(25)10-15-20(26-5-7-30(16)21(13)15)19-18(22(32)29-23(19)33)17-11-28-24-27-4-3-6-31(17)24;/h3-8,10-12,16H,9H2,1-2H3,(H,29,32,33);1H. The molecule has 0 radical (unpaired) electrons. The number of anilines is 1. The molecule has 1 unspecified atom stereocenters. The van der Waals surface area contributed by atoms with Crippen molar-refractivity contribution in [3.63, 3.8) is 0 Å². The van der Waals surface area contributed by atoms with Crippen molar-refractivity contribution in [3.8, 4) is 0 Å². The third kappa shape index (κ3) is 3.07. The molecule has 2 aromatic heterocycles. The smallest absolute Gasteiger partial charge is 0.261 e. The Morgan fingerprint density at radius 1 is 1.15 bits per heavy atom. The summed E-state index contributed by atoms with van der Waals surface area (Å²) in [5, 5.41) is 2.38. The lowest BCUT2D eigenvalue weighted by Gasteiger charge is -2.27. The maximum absolute atomic E-state index is 14.7. The Balaban J connectivity index is 0.00000241. The number of halogens is 2. The third-order valence-electron chi connectivity index (χ3n) is 6.37. The van der Waals surface area contributed by atoms with E-state index in [0.29, 0.717) is 29.4 Å². The van der Waals surface area contributed by atoms with Crippen LogP contribution in [0.2, 0.25) is 0 Å². The summed E-state index contributed by atoms with van der Waals surface area (Å²) in [6.45, 7) is 4.24. The Hall–Kier alpha value is -3.85. The molecule has 2 amide bonds. The number of nitrogens with zero attached hydrogens (tertiary/aromatic N) is 5. The zero-order valence-electron chi connectivity index (χ0n) is 18.3. The predicted molar refractivity (Wildman–Crippen MR) is 127 cm³/mol. The first-order chi connectivity index (χ1) is 15.9. The predicted octanol–water partition coefficient (Wildman–Crippen LogP) is 3.06. The number of imide groups is 1. The van der Waals surface area contributed by atoms with E-state index in [0.717, 1.165) is 11.3 Å². The molecule has 3 aromatic rings. The van der Waals surface area contributed by atoms with Crippen LogP contribution in [0.3, 0.4) is 0 Å². The Labute approximate surface area is 200 Å². The molecule has 3 aliphatic rings. The summed E-state index contributed by atoms with van der Waals surface area (Å²) in [4.78, 5) is 41.0. The first-order valence-corrected chi connectivity index (χ1v) is 10.7. The minimum absolute atomic E-state index is 0. The SMILES string of the molecule is CC(C)C1Cc2cc(F)cc3c2N1C=CN=C3C1=C(c2cnc3ncccn23)C(=O)NC1=O.Cl. The highest BCUT2D eigenvalue weighted by atomic mass is 35.5. The molecule has 0 saturated carbocycles. The van der Waals surface area contributed by atoms with Gasteiger partial charge in [-0.1, -0.05) is 13.8 Å². The molecule has 6 rings (SSSR count). The molecule has 1 aromatic carbocycles. The number of hydrogen-bond donors (Lipinski definition) is 1.